The predicted octanol–water partition coefficient (Wildman–Crippen LogP) is 1.96. The van der Waals surface area contributed by atoms with Crippen molar-refractivity contribution in [2.24, 2.45) is 0 Å². The van der Waals surface area contributed by atoms with E-state index in [1.165, 1.54) is 38.9 Å². The topological polar surface area (TPSA) is 44.4 Å². The first kappa shape index (κ1) is 14.3. The normalized spacial score (nSPS) is 16.1. The van der Waals surface area contributed by atoms with Gasteiger partial charge in [0.05, 0.1) is 0 Å². The summed E-state index contributed by atoms with van der Waals surface area (Å²) < 4.78 is 0. The lowest BCUT2D eigenvalue weighted by molar-refractivity contribution is 0.240. The van der Waals surface area contributed by atoms with Crippen LogP contribution in [0.15, 0.2) is 0 Å². The molecule has 1 aliphatic heterocycles. The highest BCUT2D eigenvalue weighted by molar-refractivity contribution is 5.73. The van der Waals surface area contributed by atoms with Crippen molar-refractivity contribution in [3.8, 4) is 0 Å². The van der Waals surface area contributed by atoms with Crippen molar-refractivity contribution >= 4 is 6.03 Å². The summed E-state index contributed by atoms with van der Waals surface area (Å²) in [6.07, 6.45) is 7.17. The van der Waals surface area contributed by atoms with E-state index in [4.69, 9.17) is 0 Å². The number of hydrogen-bond acceptors (Lipinski definition) is 2. The quantitative estimate of drug-likeness (QED) is 0.638. The van der Waals surface area contributed by atoms with Gasteiger partial charge in [-0.3, -0.25) is 0 Å². The molecule has 0 aromatic carbocycles. The Morgan fingerprint density at radius 2 is 1.71 bits per heavy atom. The minimum Gasteiger partial charge on any atom is -0.338 e. The van der Waals surface area contributed by atoms with E-state index in [1.54, 1.807) is 0 Å². The van der Waals surface area contributed by atoms with Gasteiger partial charge in [-0.2, -0.15) is 0 Å². The largest absolute Gasteiger partial charge is 0.338 e. The Labute approximate surface area is 105 Å². The van der Waals surface area contributed by atoms with E-state index in [0.29, 0.717) is 0 Å². The number of amides is 2. The number of nitrogens with one attached hydrogen (secondary N) is 2. The number of nitrogens with zero attached hydrogens (tertiary/aromatic N) is 1. The van der Waals surface area contributed by atoms with Gasteiger partial charge in [0.25, 0.3) is 0 Å². The van der Waals surface area contributed by atoms with Crippen molar-refractivity contribution in [3.05, 3.63) is 0 Å². The molecule has 0 aromatic heterocycles. The molecule has 0 atom stereocenters. The maximum absolute atomic E-state index is 11.3. The van der Waals surface area contributed by atoms with Gasteiger partial charge in [0.2, 0.25) is 0 Å². The first-order valence-electron chi connectivity index (χ1n) is 7.07. The Bertz CT molecular complexity index is 203. The van der Waals surface area contributed by atoms with E-state index < -0.39 is 0 Å². The lowest BCUT2D eigenvalue weighted by Crippen LogP contribution is -2.36. The second kappa shape index (κ2) is 9.28. The third-order valence-electron chi connectivity index (χ3n) is 3.20. The third-order valence-corrected chi connectivity index (χ3v) is 3.20. The number of urea groups is 1. The first-order chi connectivity index (χ1) is 8.33. The van der Waals surface area contributed by atoms with E-state index >= 15 is 0 Å². The average Bonchev–Trinajstić information content (AvgIpc) is 2.82. The Hall–Kier alpha value is -0.770. The van der Waals surface area contributed by atoms with Crippen molar-refractivity contribution in [1.82, 2.24) is 15.5 Å². The summed E-state index contributed by atoms with van der Waals surface area (Å²) in [7, 11) is 0. The highest BCUT2D eigenvalue weighted by atomic mass is 16.2. The smallest absolute Gasteiger partial charge is 0.314 e. The zero-order chi connectivity index (χ0) is 12.3. The fourth-order valence-electron chi connectivity index (χ4n) is 2.11. The molecule has 2 amide bonds. The monoisotopic (exact) mass is 241 g/mol. The summed E-state index contributed by atoms with van der Waals surface area (Å²) >= 11 is 0. The zero-order valence-electron chi connectivity index (χ0n) is 11.1. The summed E-state index contributed by atoms with van der Waals surface area (Å²) in [5.74, 6) is 0. The third kappa shape index (κ3) is 7.21. The minimum atomic E-state index is -0.0142. The van der Waals surface area contributed by atoms with Gasteiger partial charge in [-0.15, -0.1) is 0 Å². The highest BCUT2D eigenvalue weighted by Crippen LogP contribution is 2.07. The molecule has 1 heterocycles. The molecule has 0 saturated carbocycles. The van der Waals surface area contributed by atoms with Crippen LogP contribution in [-0.2, 0) is 0 Å². The summed E-state index contributed by atoms with van der Waals surface area (Å²) in [4.78, 5) is 13.8. The van der Waals surface area contributed by atoms with E-state index in [2.05, 4.69) is 22.5 Å². The van der Waals surface area contributed by atoms with Crippen LogP contribution in [0.1, 0.15) is 45.4 Å². The molecule has 1 fully saturated rings. The Morgan fingerprint density at radius 1 is 1.06 bits per heavy atom. The van der Waals surface area contributed by atoms with Crippen LogP contribution in [0.3, 0.4) is 0 Å². The van der Waals surface area contributed by atoms with Crippen molar-refractivity contribution in [2.45, 2.75) is 45.4 Å². The Morgan fingerprint density at radius 3 is 2.35 bits per heavy atom. The van der Waals surface area contributed by atoms with Crippen LogP contribution in [0.5, 0.6) is 0 Å². The fraction of sp³-hybridized carbons (Fsp3) is 0.923. The number of unbranched alkanes of at least 4 members (excludes halogenated alkanes) is 2. The molecule has 1 rings (SSSR count). The minimum absolute atomic E-state index is 0.0142. The molecule has 0 radical (unpaired) electrons. The van der Waals surface area contributed by atoms with E-state index in [9.17, 15) is 4.79 Å². The molecule has 0 bridgehead atoms. The number of carbonyl (C=O) groups excluding carboxylic acids is 1. The number of carbonyl (C=O) groups is 1. The van der Waals surface area contributed by atoms with Crippen molar-refractivity contribution in [2.75, 3.05) is 32.7 Å². The van der Waals surface area contributed by atoms with Crippen molar-refractivity contribution < 1.29 is 4.79 Å². The Kier molecular flexibility index (Phi) is 7.80. The van der Waals surface area contributed by atoms with Crippen LogP contribution >= 0.6 is 0 Å². The van der Waals surface area contributed by atoms with Gasteiger partial charge in [0, 0.05) is 13.1 Å². The molecule has 2 N–H and O–H groups in total. The number of hydrogen-bond donors (Lipinski definition) is 2. The van der Waals surface area contributed by atoms with E-state index in [0.717, 1.165) is 32.4 Å². The van der Waals surface area contributed by atoms with E-state index in [1.807, 2.05) is 0 Å². The van der Waals surface area contributed by atoms with Crippen LogP contribution in [0, 0.1) is 0 Å². The molecule has 0 aliphatic carbocycles. The van der Waals surface area contributed by atoms with Gasteiger partial charge in [-0.25, -0.2) is 4.79 Å². The van der Waals surface area contributed by atoms with Gasteiger partial charge < -0.3 is 15.5 Å². The lowest BCUT2D eigenvalue weighted by atomic mass is 10.3. The van der Waals surface area contributed by atoms with Crippen LogP contribution in [0.4, 0.5) is 4.79 Å². The van der Waals surface area contributed by atoms with Gasteiger partial charge in [0.15, 0.2) is 0 Å². The second-order valence-electron chi connectivity index (χ2n) is 4.79. The van der Waals surface area contributed by atoms with Crippen molar-refractivity contribution in [3.63, 3.8) is 0 Å². The van der Waals surface area contributed by atoms with E-state index in [-0.39, 0.29) is 6.03 Å². The van der Waals surface area contributed by atoms with Crippen LogP contribution in [-0.4, -0.2) is 43.7 Å². The molecule has 0 aromatic rings. The summed E-state index contributed by atoms with van der Waals surface area (Å²) in [5, 5.41) is 5.75. The average molecular weight is 241 g/mol. The molecule has 1 aliphatic rings. The van der Waals surface area contributed by atoms with Crippen LogP contribution in [0.25, 0.3) is 0 Å². The number of likely N-dealkylation sites (tertiary alicyclic amines) is 1. The molecular formula is C13H27N3O. The van der Waals surface area contributed by atoms with Gasteiger partial charge in [-0.05, 0) is 51.7 Å². The zero-order valence-corrected chi connectivity index (χ0v) is 11.1. The SMILES string of the molecule is CCCCNC(=O)NCCCCN1CCCC1. The second-order valence-corrected chi connectivity index (χ2v) is 4.79. The maximum atomic E-state index is 11.3. The molecule has 1 saturated heterocycles. The molecule has 0 unspecified atom stereocenters. The summed E-state index contributed by atoms with van der Waals surface area (Å²) in [6.45, 7) is 7.44. The van der Waals surface area contributed by atoms with Gasteiger partial charge in [0.1, 0.15) is 0 Å². The Balaban J connectivity index is 1.84. The first-order valence-corrected chi connectivity index (χ1v) is 7.07. The number of rotatable bonds is 8. The predicted molar refractivity (Wildman–Crippen MR) is 71.2 cm³/mol. The van der Waals surface area contributed by atoms with Gasteiger partial charge in [-0.1, -0.05) is 13.3 Å². The molecule has 4 nitrogen and oxygen atoms in total. The summed E-state index contributed by atoms with van der Waals surface area (Å²) in [5.41, 5.74) is 0. The molecule has 0 spiro atoms. The lowest BCUT2D eigenvalue weighted by Gasteiger charge is -2.14. The van der Waals surface area contributed by atoms with Gasteiger partial charge >= 0.3 is 6.03 Å². The highest BCUT2D eigenvalue weighted by Gasteiger charge is 2.09. The maximum Gasteiger partial charge on any atom is 0.314 e. The molecule has 100 valence electrons. The standard InChI is InChI=1S/C13H27N3O/c1-2-3-8-14-13(17)15-9-4-5-10-16-11-6-7-12-16/h2-12H2,1H3,(H2,14,15,17). The van der Waals surface area contributed by atoms with Crippen molar-refractivity contribution in [1.29, 1.82) is 0 Å². The van der Waals surface area contributed by atoms with Crippen LogP contribution in [0.2, 0.25) is 0 Å². The van der Waals surface area contributed by atoms with Crippen LogP contribution < -0.4 is 10.6 Å². The molecule has 4 heteroatoms. The molecular weight excluding hydrogens is 214 g/mol. The fourth-order valence-corrected chi connectivity index (χ4v) is 2.11. The molecule has 17 heavy (non-hydrogen) atoms. The summed E-state index contributed by atoms with van der Waals surface area (Å²) in [6, 6.07) is -0.0142.